The summed E-state index contributed by atoms with van der Waals surface area (Å²) in [5.41, 5.74) is -0.900. The van der Waals surface area contributed by atoms with E-state index >= 15 is 0 Å². The second-order valence-electron chi connectivity index (χ2n) is 5.26. The van der Waals surface area contributed by atoms with Crippen molar-refractivity contribution in [1.82, 2.24) is 18.7 Å². The number of rotatable bonds is 2. The monoisotopic (exact) mass is 312 g/mol. The Bertz CT molecular complexity index is 836. The Labute approximate surface area is 123 Å². The summed E-state index contributed by atoms with van der Waals surface area (Å²) in [6, 6.07) is 0. The summed E-state index contributed by atoms with van der Waals surface area (Å²) in [6.45, 7) is -0.474. The number of aliphatic hydroxyl groups excluding tert-OH is 3. The van der Waals surface area contributed by atoms with Gasteiger partial charge in [0.1, 0.15) is 18.3 Å². The molecular weight excluding hydrogens is 296 g/mol. The lowest BCUT2D eigenvalue weighted by Gasteiger charge is -2.17. The molecule has 0 aromatic carbocycles. The van der Waals surface area contributed by atoms with Crippen molar-refractivity contribution in [2.75, 3.05) is 6.61 Å². The number of aryl methyl sites for hydroxylation is 1. The van der Waals surface area contributed by atoms with Crippen molar-refractivity contribution in [3.05, 3.63) is 27.2 Å². The Balaban J connectivity index is 2.22. The highest BCUT2D eigenvalue weighted by molar-refractivity contribution is 5.70. The van der Waals surface area contributed by atoms with Gasteiger partial charge in [-0.2, -0.15) is 0 Å². The number of hydrogen-bond donors (Lipinski definition) is 3. The summed E-state index contributed by atoms with van der Waals surface area (Å²) < 4.78 is 8.78. The molecule has 2 aromatic heterocycles. The molecule has 120 valence electrons. The molecule has 0 spiro atoms. The Morgan fingerprint density at radius 1 is 1.23 bits per heavy atom. The Morgan fingerprint density at radius 3 is 2.50 bits per heavy atom. The fourth-order valence-electron chi connectivity index (χ4n) is 2.67. The maximum Gasteiger partial charge on any atom is 0.332 e. The summed E-state index contributed by atoms with van der Waals surface area (Å²) in [5, 5.41) is 29.0. The summed E-state index contributed by atoms with van der Waals surface area (Å²) in [5.74, 6) is 0. The van der Waals surface area contributed by atoms with Crippen LogP contribution in [0.4, 0.5) is 0 Å². The van der Waals surface area contributed by atoms with Gasteiger partial charge in [0.05, 0.1) is 12.9 Å². The van der Waals surface area contributed by atoms with E-state index < -0.39 is 42.4 Å². The van der Waals surface area contributed by atoms with Gasteiger partial charge in [0, 0.05) is 14.1 Å². The van der Waals surface area contributed by atoms with Crippen LogP contribution in [0.3, 0.4) is 0 Å². The molecule has 0 saturated carbocycles. The Kier molecular flexibility index (Phi) is 3.40. The third kappa shape index (κ3) is 1.85. The molecule has 3 heterocycles. The molecule has 4 atom stereocenters. The molecular formula is C12H16N4O6. The number of nitrogens with zero attached hydrogens (tertiary/aromatic N) is 4. The van der Waals surface area contributed by atoms with E-state index in [2.05, 4.69) is 4.98 Å². The van der Waals surface area contributed by atoms with Crippen molar-refractivity contribution < 1.29 is 20.1 Å². The molecule has 1 fully saturated rings. The van der Waals surface area contributed by atoms with Crippen LogP contribution in [0.5, 0.6) is 0 Å². The van der Waals surface area contributed by atoms with Gasteiger partial charge >= 0.3 is 5.69 Å². The van der Waals surface area contributed by atoms with Crippen molar-refractivity contribution in [1.29, 1.82) is 0 Å². The molecule has 2 aromatic rings. The Morgan fingerprint density at radius 2 is 1.91 bits per heavy atom. The lowest BCUT2D eigenvalue weighted by Crippen LogP contribution is -2.38. The van der Waals surface area contributed by atoms with Gasteiger partial charge in [-0.1, -0.05) is 0 Å². The third-order valence-corrected chi connectivity index (χ3v) is 3.96. The van der Waals surface area contributed by atoms with Crippen LogP contribution in [-0.4, -0.2) is 58.9 Å². The topological polar surface area (TPSA) is 132 Å². The zero-order chi connectivity index (χ0) is 16.2. The Hall–Kier alpha value is -2.01. The largest absolute Gasteiger partial charge is 0.394 e. The van der Waals surface area contributed by atoms with Gasteiger partial charge in [0.15, 0.2) is 17.4 Å². The molecule has 0 aliphatic carbocycles. The van der Waals surface area contributed by atoms with E-state index in [1.165, 1.54) is 29.6 Å². The number of hydrogen-bond acceptors (Lipinski definition) is 7. The van der Waals surface area contributed by atoms with Crippen LogP contribution in [0.2, 0.25) is 0 Å². The minimum atomic E-state index is -1.34. The molecule has 3 rings (SSSR count). The minimum Gasteiger partial charge on any atom is -0.394 e. The number of aromatic nitrogens is 4. The highest BCUT2D eigenvalue weighted by Gasteiger charge is 2.44. The third-order valence-electron chi connectivity index (χ3n) is 3.96. The second-order valence-corrected chi connectivity index (χ2v) is 5.26. The fourth-order valence-corrected chi connectivity index (χ4v) is 2.67. The van der Waals surface area contributed by atoms with Crippen molar-refractivity contribution in [3.63, 3.8) is 0 Å². The standard InChI is InChI=1S/C12H16N4O6/c1-14-9-6(10(20)15(2)12(14)21)16(4-13-9)11-8(19)7(18)5(3-17)22-11/h4-5,7-8,11,17-19H,3H2,1-2H3/t5-,7+,8+,11-/m0/s1. The first-order chi connectivity index (χ1) is 10.4. The zero-order valence-corrected chi connectivity index (χ0v) is 11.9. The maximum absolute atomic E-state index is 12.3. The molecule has 0 radical (unpaired) electrons. The molecule has 1 aliphatic heterocycles. The molecule has 0 amide bonds. The number of ether oxygens (including phenoxy) is 1. The van der Waals surface area contributed by atoms with Crippen molar-refractivity contribution in [2.45, 2.75) is 24.5 Å². The van der Waals surface area contributed by atoms with Crippen LogP contribution in [0.15, 0.2) is 15.9 Å². The van der Waals surface area contributed by atoms with E-state index in [4.69, 9.17) is 9.84 Å². The van der Waals surface area contributed by atoms with Crippen molar-refractivity contribution in [2.24, 2.45) is 14.1 Å². The van der Waals surface area contributed by atoms with Gasteiger partial charge in [-0.15, -0.1) is 0 Å². The summed E-state index contributed by atoms with van der Waals surface area (Å²) >= 11 is 0. The molecule has 10 heteroatoms. The van der Waals surface area contributed by atoms with Gasteiger partial charge in [-0.25, -0.2) is 9.78 Å². The molecule has 1 aliphatic rings. The van der Waals surface area contributed by atoms with Crippen LogP contribution in [0.25, 0.3) is 11.2 Å². The smallest absolute Gasteiger partial charge is 0.332 e. The lowest BCUT2D eigenvalue weighted by molar-refractivity contribution is -0.0509. The first-order valence-corrected chi connectivity index (χ1v) is 6.63. The average molecular weight is 312 g/mol. The molecule has 3 N–H and O–H groups in total. The van der Waals surface area contributed by atoms with E-state index in [1.54, 1.807) is 0 Å². The van der Waals surface area contributed by atoms with Gasteiger partial charge in [0.2, 0.25) is 0 Å². The molecule has 22 heavy (non-hydrogen) atoms. The van der Waals surface area contributed by atoms with Crippen LogP contribution in [0, 0.1) is 0 Å². The predicted molar refractivity (Wildman–Crippen MR) is 73.2 cm³/mol. The first-order valence-electron chi connectivity index (χ1n) is 6.63. The predicted octanol–water partition coefficient (Wildman–Crippen LogP) is -2.95. The van der Waals surface area contributed by atoms with E-state index in [9.17, 15) is 19.8 Å². The van der Waals surface area contributed by atoms with Crippen LogP contribution < -0.4 is 11.2 Å². The minimum absolute atomic E-state index is 0.0689. The van der Waals surface area contributed by atoms with Gasteiger partial charge in [-0.05, 0) is 0 Å². The fraction of sp³-hybridized carbons (Fsp3) is 0.583. The van der Waals surface area contributed by atoms with Crippen LogP contribution in [-0.2, 0) is 18.8 Å². The van der Waals surface area contributed by atoms with E-state index in [1.807, 2.05) is 0 Å². The lowest BCUT2D eigenvalue weighted by atomic mass is 10.1. The van der Waals surface area contributed by atoms with Gasteiger partial charge < -0.3 is 20.1 Å². The maximum atomic E-state index is 12.3. The zero-order valence-electron chi connectivity index (χ0n) is 11.9. The highest BCUT2D eigenvalue weighted by atomic mass is 16.6. The van der Waals surface area contributed by atoms with Crippen LogP contribution >= 0.6 is 0 Å². The van der Waals surface area contributed by atoms with Gasteiger partial charge in [-0.3, -0.25) is 18.5 Å². The number of fused-ring (bicyclic) bond motifs is 1. The average Bonchev–Trinajstić information content (AvgIpc) is 3.06. The summed E-state index contributed by atoms with van der Waals surface area (Å²) in [6.07, 6.45) is -3.41. The summed E-state index contributed by atoms with van der Waals surface area (Å²) in [4.78, 5) is 28.2. The second kappa shape index (κ2) is 5.02. The number of aliphatic hydroxyl groups is 3. The van der Waals surface area contributed by atoms with E-state index in [-0.39, 0.29) is 11.2 Å². The SMILES string of the molecule is Cn1c(=O)c2c(ncn2[C@H]2O[C@@H](CO)[C@@H](O)[C@H]2O)n(C)c1=O. The normalized spacial score (nSPS) is 28.6. The highest BCUT2D eigenvalue weighted by Crippen LogP contribution is 2.30. The number of imidazole rings is 1. The van der Waals surface area contributed by atoms with E-state index in [0.29, 0.717) is 0 Å². The first kappa shape index (κ1) is 14.9. The van der Waals surface area contributed by atoms with Crippen molar-refractivity contribution >= 4 is 11.2 Å². The molecule has 0 unspecified atom stereocenters. The van der Waals surface area contributed by atoms with Gasteiger partial charge in [0.25, 0.3) is 5.56 Å². The molecule has 0 bridgehead atoms. The van der Waals surface area contributed by atoms with E-state index in [0.717, 1.165) is 4.57 Å². The quantitative estimate of drug-likeness (QED) is 0.540. The molecule has 10 nitrogen and oxygen atoms in total. The van der Waals surface area contributed by atoms with Crippen LogP contribution in [0.1, 0.15) is 6.23 Å². The van der Waals surface area contributed by atoms with Crippen molar-refractivity contribution in [3.8, 4) is 0 Å². The molecule has 1 saturated heterocycles. The summed E-state index contributed by atoms with van der Waals surface area (Å²) in [7, 11) is 2.80.